The van der Waals surface area contributed by atoms with Crippen molar-refractivity contribution < 1.29 is 14.3 Å². The maximum absolute atomic E-state index is 12.5. The Morgan fingerprint density at radius 2 is 2.20 bits per heavy atom. The Hall–Kier alpha value is -1.50. The number of likely N-dealkylation sites (tertiary alicyclic amines) is 1. The van der Waals surface area contributed by atoms with E-state index in [0.29, 0.717) is 18.0 Å². The predicted molar refractivity (Wildman–Crippen MR) is 74.6 cm³/mol. The van der Waals surface area contributed by atoms with Gasteiger partial charge in [-0.3, -0.25) is 9.59 Å². The number of hydrogen-bond donors (Lipinski definition) is 0. The Bertz CT molecular complexity index is 501. The molecule has 1 unspecified atom stereocenters. The fourth-order valence-corrected chi connectivity index (χ4v) is 3.18. The molecule has 110 valence electrons. The first-order valence-corrected chi connectivity index (χ1v) is 7.51. The van der Waals surface area contributed by atoms with Gasteiger partial charge in [0.15, 0.2) is 0 Å². The number of piperidine rings is 1. The van der Waals surface area contributed by atoms with Crippen molar-refractivity contribution in [1.29, 1.82) is 0 Å². The van der Waals surface area contributed by atoms with Gasteiger partial charge in [0.2, 0.25) is 0 Å². The summed E-state index contributed by atoms with van der Waals surface area (Å²) in [4.78, 5) is 26.5. The summed E-state index contributed by atoms with van der Waals surface area (Å²) in [7, 11) is 1.38. The number of nitrogens with zero attached hydrogens (tertiary/aromatic N) is 3. The molecular weight excluding hydrogens is 278 g/mol. The van der Waals surface area contributed by atoms with Gasteiger partial charge in [0.1, 0.15) is 4.88 Å². The summed E-state index contributed by atoms with van der Waals surface area (Å²) in [6.07, 6.45) is 1.59. The first-order chi connectivity index (χ1) is 9.54. The summed E-state index contributed by atoms with van der Waals surface area (Å²) in [6, 6.07) is 0. The Morgan fingerprint density at radius 3 is 2.85 bits per heavy atom. The topological polar surface area (TPSA) is 72.4 Å². The van der Waals surface area contributed by atoms with Crippen LogP contribution in [0.1, 0.15) is 48.0 Å². The van der Waals surface area contributed by atoms with Crippen molar-refractivity contribution in [3.8, 4) is 0 Å². The van der Waals surface area contributed by atoms with E-state index < -0.39 is 0 Å². The average Bonchev–Trinajstić information content (AvgIpc) is 2.95. The van der Waals surface area contributed by atoms with E-state index in [1.165, 1.54) is 7.11 Å². The fraction of sp³-hybridized carbons (Fsp3) is 0.692. The summed E-state index contributed by atoms with van der Waals surface area (Å²) < 4.78 is 8.65. The third kappa shape index (κ3) is 2.98. The van der Waals surface area contributed by atoms with E-state index >= 15 is 0 Å². The second-order valence-electron chi connectivity index (χ2n) is 5.26. The predicted octanol–water partition coefficient (Wildman–Crippen LogP) is 1.69. The zero-order valence-electron chi connectivity index (χ0n) is 12.0. The molecule has 1 aromatic rings. The molecule has 0 N–H and O–H groups in total. The standard InChI is InChI=1S/C13H19N3O3S/c1-8(2)10-11(20-15-14-10)12(17)16-6-4-5-9(7-16)13(18)19-3/h8-9H,4-7H2,1-3H3. The summed E-state index contributed by atoms with van der Waals surface area (Å²) in [6.45, 7) is 5.06. The summed E-state index contributed by atoms with van der Waals surface area (Å²) in [5.41, 5.74) is 0.736. The SMILES string of the molecule is COC(=O)C1CCCN(C(=O)c2snnc2C(C)C)C1. The second kappa shape index (κ2) is 6.30. The lowest BCUT2D eigenvalue weighted by atomic mass is 9.98. The molecule has 2 rings (SSSR count). The highest BCUT2D eigenvalue weighted by Crippen LogP contribution is 2.24. The lowest BCUT2D eigenvalue weighted by Crippen LogP contribution is -2.42. The zero-order chi connectivity index (χ0) is 14.7. The van der Waals surface area contributed by atoms with Crippen LogP contribution in [0, 0.1) is 5.92 Å². The van der Waals surface area contributed by atoms with Gasteiger partial charge in [0, 0.05) is 13.1 Å². The van der Waals surface area contributed by atoms with E-state index in [9.17, 15) is 9.59 Å². The number of amides is 1. The van der Waals surface area contributed by atoms with Crippen LogP contribution in [0.3, 0.4) is 0 Å². The van der Waals surface area contributed by atoms with Crippen molar-refractivity contribution in [3.05, 3.63) is 10.6 Å². The highest BCUT2D eigenvalue weighted by atomic mass is 32.1. The number of rotatable bonds is 3. The van der Waals surface area contributed by atoms with Gasteiger partial charge >= 0.3 is 5.97 Å². The number of esters is 1. The van der Waals surface area contributed by atoms with Crippen LogP contribution >= 0.6 is 11.5 Å². The molecular formula is C13H19N3O3S. The van der Waals surface area contributed by atoms with Gasteiger partial charge in [-0.2, -0.15) is 0 Å². The molecule has 0 bridgehead atoms. The van der Waals surface area contributed by atoms with Crippen LogP contribution in [0.4, 0.5) is 0 Å². The van der Waals surface area contributed by atoms with Crippen LogP contribution in [-0.4, -0.2) is 46.6 Å². The van der Waals surface area contributed by atoms with Gasteiger partial charge in [0.25, 0.3) is 5.91 Å². The van der Waals surface area contributed by atoms with E-state index in [2.05, 4.69) is 9.59 Å². The van der Waals surface area contributed by atoms with E-state index in [4.69, 9.17) is 4.74 Å². The van der Waals surface area contributed by atoms with Gasteiger partial charge in [-0.05, 0) is 30.3 Å². The Morgan fingerprint density at radius 1 is 1.45 bits per heavy atom. The minimum absolute atomic E-state index is 0.0719. The van der Waals surface area contributed by atoms with Crippen molar-refractivity contribution in [2.75, 3.05) is 20.2 Å². The average molecular weight is 297 g/mol. The van der Waals surface area contributed by atoms with Crippen LogP contribution in [0.5, 0.6) is 0 Å². The van der Waals surface area contributed by atoms with Gasteiger partial charge in [-0.25, -0.2) is 0 Å². The van der Waals surface area contributed by atoms with Gasteiger partial charge in [0.05, 0.1) is 18.7 Å². The number of carbonyl (C=O) groups is 2. The third-order valence-electron chi connectivity index (χ3n) is 3.50. The monoisotopic (exact) mass is 297 g/mol. The number of ether oxygens (including phenoxy) is 1. The maximum Gasteiger partial charge on any atom is 0.310 e. The summed E-state index contributed by atoms with van der Waals surface area (Å²) in [5, 5.41) is 4.03. The molecule has 0 saturated carbocycles. The number of methoxy groups -OCH3 is 1. The van der Waals surface area contributed by atoms with Gasteiger partial charge in [-0.1, -0.05) is 18.3 Å². The molecule has 20 heavy (non-hydrogen) atoms. The van der Waals surface area contributed by atoms with Crippen molar-refractivity contribution in [2.24, 2.45) is 5.92 Å². The third-order valence-corrected chi connectivity index (χ3v) is 4.23. The highest BCUT2D eigenvalue weighted by molar-refractivity contribution is 7.08. The van der Waals surface area contributed by atoms with Crippen molar-refractivity contribution in [2.45, 2.75) is 32.6 Å². The minimum atomic E-state index is -0.242. The highest BCUT2D eigenvalue weighted by Gasteiger charge is 2.31. The van der Waals surface area contributed by atoms with Crippen molar-refractivity contribution in [1.82, 2.24) is 14.5 Å². The quantitative estimate of drug-likeness (QED) is 0.794. The molecule has 1 aliphatic rings. The Labute approximate surface area is 122 Å². The molecule has 1 fully saturated rings. The first kappa shape index (κ1) is 14.9. The lowest BCUT2D eigenvalue weighted by molar-refractivity contribution is -0.146. The molecule has 1 aliphatic heterocycles. The van der Waals surface area contributed by atoms with Crippen LogP contribution in [-0.2, 0) is 9.53 Å². The Kier molecular flexibility index (Phi) is 4.69. The molecule has 2 heterocycles. The van der Waals surface area contributed by atoms with Gasteiger partial charge in [-0.15, -0.1) is 5.10 Å². The van der Waals surface area contributed by atoms with E-state index in [1.807, 2.05) is 13.8 Å². The van der Waals surface area contributed by atoms with Crippen LogP contribution < -0.4 is 0 Å². The molecule has 1 saturated heterocycles. The first-order valence-electron chi connectivity index (χ1n) is 6.74. The number of aromatic nitrogens is 2. The van der Waals surface area contributed by atoms with E-state index in [1.54, 1.807) is 4.90 Å². The zero-order valence-corrected chi connectivity index (χ0v) is 12.8. The van der Waals surface area contributed by atoms with Crippen LogP contribution in [0.25, 0.3) is 0 Å². The molecule has 6 nitrogen and oxygen atoms in total. The smallest absolute Gasteiger partial charge is 0.310 e. The molecule has 7 heteroatoms. The number of carbonyl (C=O) groups excluding carboxylic acids is 2. The van der Waals surface area contributed by atoms with Crippen LogP contribution in [0.15, 0.2) is 0 Å². The van der Waals surface area contributed by atoms with Crippen molar-refractivity contribution >= 4 is 23.4 Å². The fourth-order valence-electron chi connectivity index (χ4n) is 2.39. The molecule has 1 aromatic heterocycles. The normalized spacial score (nSPS) is 19.2. The number of hydrogen-bond acceptors (Lipinski definition) is 6. The summed E-state index contributed by atoms with van der Waals surface area (Å²) in [5.74, 6) is -0.374. The van der Waals surface area contributed by atoms with E-state index in [0.717, 1.165) is 30.1 Å². The lowest BCUT2D eigenvalue weighted by Gasteiger charge is -2.31. The maximum atomic E-state index is 12.5. The van der Waals surface area contributed by atoms with E-state index in [-0.39, 0.29) is 23.7 Å². The second-order valence-corrected chi connectivity index (χ2v) is 6.01. The molecule has 1 amide bonds. The molecule has 0 aromatic carbocycles. The summed E-state index contributed by atoms with van der Waals surface area (Å²) >= 11 is 1.13. The van der Waals surface area contributed by atoms with Gasteiger partial charge < -0.3 is 9.64 Å². The minimum Gasteiger partial charge on any atom is -0.469 e. The molecule has 0 spiro atoms. The van der Waals surface area contributed by atoms with Crippen LogP contribution in [0.2, 0.25) is 0 Å². The molecule has 0 radical (unpaired) electrons. The molecule has 0 aliphatic carbocycles. The van der Waals surface area contributed by atoms with Crippen molar-refractivity contribution in [3.63, 3.8) is 0 Å². The molecule has 1 atom stereocenters. The Balaban J connectivity index is 2.12. The largest absolute Gasteiger partial charge is 0.469 e.